The van der Waals surface area contributed by atoms with Crippen LogP contribution in [0.4, 0.5) is 0 Å². The number of hydrogen-bond acceptors (Lipinski definition) is 3. The molecule has 2 amide bonds. The number of amides is 2. The molecule has 1 atom stereocenters. The quantitative estimate of drug-likeness (QED) is 0.748. The van der Waals surface area contributed by atoms with Gasteiger partial charge in [-0.05, 0) is 19.3 Å². The smallest absolute Gasteiger partial charge is 0.224 e. The summed E-state index contributed by atoms with van der Waals surface area (Å²) in [6.07, 6.45) is 4.09. The van der Waals surface area contributed by atoms with E-state index in [9.17, 15) is 9.59 Å². The van der Waals surface area contributed by atoms with Crippen LogP contribution >= 0.6 is 0 Å². The molecule has 2 N–H and O–H groups in total. The molecule has 0 aliphatic carbocycles. The average Bonchev–Trinajstić information content (AvgIpc) is 2.94. The molecule has 0 spiro atoms. The standard InChI is InChI=1S/C12H21N3O2/c13-9-10-3-1-7-15(10)12(17)5-8-14-6-2-4-11(14)16/h10H,1-9,13H2/t10-/m0/s1. The number of carbonyl (C=O) groups excluding carboxylic acids is 2. The fraction of sp³-hybridized carbons (Fsp3) is 0.833. The van der Waals surface area contributed by atoms with Gasteiger partial charge >= 0.3 is 0 Å². The van der Waals surface area contributed by atoms with Gasteiger partial charge in [-0.25, -0.2) is 0 Å². The second-order valence-corrected chi connectivity index (χ2v) is 4.85. The maximum absolute atomic E-state index is 12.0. The molecule has 96 valence electrons. The van der Waals surface area contributed by atoms with Gasteiger partial charge in [0.25, 0.3) is 0 Å². The fourth-order valence-electron chi connectivity index (χ4n) is 2.72. The third-order valence-corrected chi connectivity index (χ3v) is 3.74. The number of hydrogen-bond donors (Lipinski definition) is 1. The molecule has 0 bridgehead atoms. The van der Waals surface area contributed by atoms with E-state index < -0.39 is 0 Å². The van der Waals surface area contributed by atoms with E-state index in [1.807, 2.05) is 4.90 Å². The number of nitrogens with zero attached hydrogens (tertiary/aromatic N) is 2. The van der Waals surface area contributed by atoms with E-state index in [1.165, 1.54) is 0 Å². The van der Waals surface area contributed by atoms with Crippen LogP contribution in [0, 0.1) is 0 Å². The summed E-state index contributed by atoms with van der Waals surface area (Å²) in [7, 11) is 0. The Morgan fingerprint density at radius 1 is 1.35 bits per heavy atom. The second kappa shape index (κ2) is 5.49. The zero-order valence-electron chi connectivity index (χ0n) is 10.2. The van der Waals surface area contributed by atoms with Crippen molar-refractivity contribution in [2.24, 2.45) is 5.73 Å². The lowest BCUT2D eigenvalue weighted by Crippen LogP contribution is -2.41. The van der Waals surface area contributed by atoms with Gasteiger partial charge < -0.3 is 15.5 Å². The van der Waals surface area contributed by atoms with E-state index in [1.54, 1.807) is 4.90 Å². The molecule has 2 heterocycles. The molecule has 17 heavy (non-hydrogen) atoms. The van der Waals surface area contributed by atoms with Gasteiger partial charge in [0.15, 0.2) is 0 Å². The van der Waals surface area contributed by atoms with Crippen LogP contribution in [0.1, 0.15) is 32.1 Å². The molecule has 5 nitrogen and oxygen atoms in total. The van der Waals surface area contributed by atoms with Crippen molar-refractivity contribution in [1.82, 2.24) is 9.80 Å². The second-order valence-electron chi connectivity index (χ2n) is 4.85. The van der Waals surface area contributed by atoms with Gasteiger partial charge in [0.05, 0.1) is 0 Å². The van der Waals surface area contributed by atoms with Crippen molar-refractivity contribution in [3.8, 4) is 0 Å². The Labute approximate surface area is 102 Å². The first-order chi connectivity index (χ1) is 8.22. The Bertz CT molecular complexity index is 306. The summed E-state index contributed by atoms with van der Waals surface area (Å²) in [5.41, 5.74) is 5.64. The minimum atomic E-state index is 0.151. The van der Waals surface area contributed by atoms with Crippen LogP contribution in [0.15, 0.2) is 0 Å². The molecule has 0 aromatic heterocycles. The minimum absolute atomic E-state index is 0.151. The molecule has 0 unspecified atom stereocenters. The monoisotopic (exact) mass is 239 g/mol. The summed E-state index contributed by atoms with van der Waals surface area (Å²) >= 11 is 0. The van der Waals surface area contributed by atoms with Gasteiger partial charge in [-0.1, -0.05) is 0 Å². The Hall–Kier alpha value is -1.10. The molecule has 0 saturated carbocycles. The zero-order valence-corrected chi connectivity index (χ0v) is 10.2. The van der Waals surface area contributed by atoms with E-state index in [-0.39, 0.29) is 17.9 Å². The van der Waals surface area contributed by atoms with Crippen molar-refractivity contribution in [3.05, 3.63) is 0 Å². The van der Waals surface area contributed by atoms with E-state index in [2.05, 4.69) is 0 Å². The van der Waals surface area contributed by atoms with Crippen LogP contribution in [0.5, 0.6) is 0 Å². The minimum Gasteiger partial charge on any atom is -0.342 e. The highest BCUT2D eigenvalue weighted by molar-refractivity contribution is 5.80. The van der Waals surface area contributed by atoms with E-state index in [0.29, 0.717) is 25.9 Å². The Morgan fingerprint density at radius 3 is 2.82 bits per heavy atom. The van der Waals surface area contributed by atoms with Crippen LogP contribution in [-0.4, -0.2) is 53.8 Å². The molecule has 2 aliphatic rings. The lowest BCUT2D eigenvalue weighted by molar-refractivity contribution is -0.133. The van der Waals surface area contributed by atoms with Gasteiger partial charge in [0.2, 0.25) is 11.8 Å². The SMILES string of the molecule is NC[C@@H]1CCCN1C(=O)CCN1CCCC1=O. The van der Waals surface area contributed by atoms with Crippen LogP contribution in [0.25, 0.3) is 0 Å². The fourth-order valence-corrected chi connectivity index (χ4v) is 2.72. The molecular weight excluding hydrogens is 218 g/mol. The first kappa shape index (κ1) is 12.4. The van der Waals surface area contributed by atoms with Gasteiger partial charge in [0.1, 0.15) is 0 Å². The molecule has 0 aromatic rings. The third-order valence-electron chi connectivity index (χ3n) is 3.74. The highest BCUT2D eigenvalue weighted by Gasteiger charge is 2.28. The molecule has 5 heteroatoms. The third kappa shape index (κ3) is 2.77. The maximum Gasteiger partial charge on any atom is 0.224 e. The van der Waals surface area contributed by atoms with Crippen molar-refractivity contribution in [2.75, 3.05) is 26.2 Å². The number of likely N-dealkylation sites (tertiary alicyclic amines) is 2. The number of rotatable bonds is 4. The first-order valence-corrected chi connectivity index (χ1v) is 6.49. The highest BCUT2D eigenvalue weighted by atomic mass is 16.2. The van der Waals surface area contributed by atoms with Crippen molar-refractivity contribution in [3.63, 3.8) is 0 Å². The highest BCUT2D eigenvalue weighted by Crippen LogP contribution is 2.18. The predicted molar refractivity (Wildman–Crippen MR) is 64.2 cm³/mol. The summed E-state index contributed by atoms with van der Waals surface area (Å²) in [6, 6.07) is 0.219. The first-order valence-electron chi connectivity index (χ1n) is 6.49. The van der Waals surface area contributed by atoms with E-state index in [4.69, 9.17) is 5.73 Å². The van der Waals surface area contributed by atoms with Crippen LogP contribution in [0.2, 0.25) is 0 Å². The summed E-state index contributed by atoms with van der Waals surface area (Å²) in [6.45, 7) is 2.76. The summed E-state index contributed by atoms with van der Waals surface area (Å²) in [5.74, 6) is 0.340. The van der Waals surface area contributed by atoms with Crippen molar-refractivity contribution < 1.29 is 9.59 Å². The van der Waals surface area contributed by atoms with Gasteiger partial charge in [0, 0.05) is 45.1 Å². The summed E-state index contributed by atoms with van der Waals surface area (Å²) < 4.78 is 0. The molecule has 2 saturated heterocycles. The molecular formula is C12H21N3O2. The molecule has 2 fully saturated rings. The molecule has 0 aromatic carbocycles. The molecule has 2 rings (SSSR count). The van der Waals surface area contributed by atoms with Crippen molar-refractivity contribution in [1.29, 1.82) is 0 Å². The van der Waals surface area contributed by atoms with Crippen LogP contribution < -0.4 is 5.73 Å². The maximum atomic E-state index is 12.0. The summed E-state index contributed by atoms with van der Waals surface area (Å²) in [4.78, 5) is 27.1. The zero-order chi connectivity index (χ0) is 12.3. The van der Waals surface area contributed by atoms with Gasteiger partial charge in [-0.15, -0.1) is 0 Å². The average molecular weight is 239 g/mol. The van der Waals surface area contributed by atoms with E-state index >= 15 is 0 Å². The Balaban J connectivity index is 1.78. The van der Waals surface area contributed by atoms with E-state index in [0.717, 1.165) is 32.4 Å². The lowest BCUT2D eigenvalue weighted by atomic mass is 10.2. The van der Waals surface area contributed by atoms with Crippen LogP contribution in [-0.2, 0) is 9.59 Å². The number of carbonyl (C=O) groups is 2. The Morgan fingerprint density at radius 2 is 2.18 bits per heavy atom. The van der Waals surface area contributed by atoms with Crippen molar-refractivity contribution in [2.45, 2.75) is 38.1 Å². The molecule has 2 aliphatic heterocycles. The van der Waals surface area contributed by atoms with Gasteiger partial charge in [-0.2, -0.15) is 0 Å². The van der Waals surface area contributed by atoms with Gasteiger partial charge in [-0.3, -0.25) is 9.59 Å². The topological polar surface area (TPSA) is 66.6 Å². The van der Waals surface area contributed by atoms with Crippen molar-refractivity contribution >= 4 is 11.8 Å². The summed E-state index contributed by atoms with van der Waals surface area (Å²) in [5, 5.41) is 0. The normalized spacial score (nSPS) is 24.8. The largest absolute Gasteiger partial charge is 0.342 e. The lowest BCUT2D eigenvalue weighted by Gasteiger charge is -2.24. The Kier molecular flexibility index (Phi) is 3.99. The number of nitrogens with two attached hydrogens (primary N) is 1. The predicted octanol–water partition coefficient (Wildman–Crippen LogP) is -0.0514. The van der Waals surface area contributed by atoms with Crippen LogP contribution in [0.3, 0.4) is 0 Å². The molecule has 0 radical (unpaired) electrons.